The van der Waals surface area contributed by atoms with Gasteiger partial charge in [-0.15, -0.1) is 0 Å². The molecule has 3 rings (SSSR count). The van der Waals surface area contributed by atoms with E-state index in [0.717, 1.165) is 30.5 Å². The third kappa shape index (κ3) is 2.63. The molecule has 1 amide bonds. The number of benzene rings is 1. The molecule has 0 bridgehead atoms. The van der Waals surface area contributed by atoms with Crippen LogP contribution in [-0.4, -0.2) is 22.3 Å². The number of likely N-dealkylation sites (tertiary alicyclic amines) is 1. The number of carbonyl (C=O) groups excluding carboxylic acids is 1. The van der Waals surface area contributed by atoms with Gasteiger partial charge in [0.2, 0.25) is 0 Å². The Kier molecular flexibility index (Phi) is 3.64. The molecule has 2 aromatic rings. The smallest absolute Gasteiger partial charge is 0.254 e. The van der Waals surface area contributed by atoms with Gasteiger partial charge in [-0.3, -0.25) is 9.78 Å². The van der Waals surface area contributed by atoms with Gasteiger partial charge in [0.05, 0.1) is 6.04 Å². The van der Waals surface area contributed by atoms with E-state index in [1.807, 2.05) is 12.1 Å². The lowest BCUT2D eigenvalue weighted by molar-refractivity contribution is 0.0735. The minimum atomic E-state index is -1.000. The van der Waals surface area contributed by atoms with E-state index in [1.165, 1.54) is 6.07 Å². The number of carbonyl (C=O) groups is 1. The molecule has 0 saturated carbocycles. The topological polar surface area (TPSA) is 33.2 Å². The summed E-state index contributed by atoms with van der Waals surface area (Å²) >= 11 is 0. The molecule has 2 heterocycles. The predicted molar refractivity (Wildman–Crippen MR) is 73.6 cm³/mol. The molecule has 1 unspecified atom stereocenters. The summed E-state index contributed by atoms with van der Waals surface area (Å²) < 4.78 is 26.3. The highest BCUT2D eigenvalue weighted by atomic mass is 19.2. The van der Waals surface area contributed by atoms with Gasteiger partial charge in [-0.25, -0.2) is 8.78 Å². The Bertz CT molecular complexity index is 661. The monoisotopic (exact) mass is 288 g/mol. The summed E-state index contributed by atoms with van der Waals surface area (Å²) in [5, 5.41) is 0. The molecule has 1 fully saturated rings. The number of hydrogen-bond acceptors (Lipinski definition) is 2. The zero-order chi connectivity index (χ0) is 14.8. The second-order valence-electron chi connectivity index (χ2n) is 5.07. The maximum atomic E-state index is 13.3. The normalized spacial score (nSPS) is 18.0. The second-order valence-corrected chi connectivity index (χ2v) is 5.07. The lowest BCUT2D eigenvalue weighted by atomic mass is 10.1. The van der Waals surface area contributed by atoms with E-state index in [0.29, 0.717) is 6.54 Å². The van der Waals surface area contributed by atoms with E-state index in [4.69, 9.17) is 0 Å². The molecule has 21 heavy (non-hydrogen) atoms. The fraction of sp³-hybridized carbons (Fsp3) is 0.250. The van der Waals surface area contributed by atoms with Gasteiger partial charge in [0.15, 0.2) is 11.6 Å². The molecular weight excluding hydrogens is 274 g/mol. The van der Waals surface area contributed by atoms with Crippen molar-refractivity contribution in [2.24, 2.45) is 0 Å². The van der Waals surface area contributed by atoms with Crippen LogP contribution in [0.15, 0.2) is 42.7 Å². The first kappa shape index (κ1) is 13.7. The maximum Gasteiger partial charge on any atom is 0.254 e. The van der Waals surface area contributed by atoms with Crippen molar-refractivity contribution in [2.75, 3.05) is 6.54 Å². The van der Waals surface area contributed by atoms with Gasteiger partial charge in [-0.2, -0.15) is 0 Å². The van der Waals surface area contributed by atoms with E-state index >= 15 is 0 Å². The lowest BCUT2D eigenvalue weighted by Gasteiger charge is -2.25. The van der Waals surface area contributed by atoms with E-state index in [2.05, 4.69) is 4.98 Å². The molecule has 0 aliphatic carbocycles. The van der Waals surface area contributed by atoms with Crippen molar-refractivity contribution in [1.29, 1.82) is 0 Å². The van der Waals surface area contributed by atoms with E-state index in [9.17, 15) is 13.6 Å². The first-order chi connectivity index (χ1) is 10.2. The van der Waals surface area contributed by atoms with Crippen molar-refractivity contribution in [3.8, 4) is 0 Å². The molecule has 0 spiro atoms. The van der Waals surface area contributed by atoms with Crippen LogP contribution in [0.4, 0.5) is 8.78 Å². The minimum absolute atomic E-state index is 0.0337. The molecular formula is C16H14F2N2O. The summed E-state index contributed by atoms with van der Waals surface area (Å²) in [6, 6.07) is 6.99. The highest BCUT2D eigenvalue weighted by Gasteiger charge is 2.30. The molecule has 1 atom stereocenters. The lowest BCUT2D eigenvalue weighted by Crippen LogP contribution is -2.30. The van der Waals surface area contributed by atoms with Crippen LogP contribution in [0.3, 0.4) is 0 Å². The molecule has 5 heteroatoms. The summed E-state index contributed by atoms with van der Waals surface area (Å²) in [5.41, 5.74) is 1.19. The van der Waals surface area contributed by atoms with Crippen LogP contribution >= 0.6 is 0 Å². The van der Waals surface area contributed by atoms with Gasteiger partial charge in [-0.05, 0) is 48.7 Å². The Hall–Kier alpha value is -2.30. The van der Waals surface area contributed by atoms with Crippen molar-refractivity contribution in [3.63, 3.8) is 0 Å². The van der Waals surface area contributed by atoms with Gasteiger partial charge in [0.1, 0.15) is 0 Å². The third-order valence-corrected chi connectivity index (χ3v) is 3.77. The van der Waals surface area contributed by atoms with Crippen LogP contribution in [0.2, 0.25) is 0 Å². The van der Waals surface area contributed by atoms with E-state index in [-0.39, 0.29) is 17.5 Å². The van der Waals surface area contributed by atoms with E-state index < -0.39 is 11.6 Å². The predicted octanol–water partition coefficient (Wildman–Crippen LogP) is 3.34. The van der Waals surface area contributed by atoms with E-state index in [1.54, 1.807) is 17.3 Å². The molecule has 0 N–H and O–H groups in total. The Morgan fingerprint density at radius 2 is 1.90 bits per heavy atom. The highest BCUT2D eigenvalue weighted by molar-refractivity contribution is 5.94. The molecule has 1 aliphatic rings. The fourth-order valence-corrected chi connectivity index (χ4v) is 2.74. The maximum absolute atomic E-state index is 13.3. The van der Waals surface area contributed by atoms with Crippen molar-refractivity contribution >= 4 is 5.91 Å². The van der Waals surface area contributed by atoms with Crippen molar-refractivity contribution in [3.05, 3.63) is 65.5 Å². The molecule has 1 aromatic heterocycles. The van der Waals surface area contributed by atoms with Crippen molar-refractivity contribution in [1.82, 2.24) is 9.88 Å². The number of pyridine rings is 1. The SMILES string of the molecule is O=C(c1ccc(F)c(F)c1)N1CCCC1c1ccncc1. The van der Waals surface area contributed by atoms with Crippen LogP contribution in [0, 0.1) is 11.6 Å². The van der Waals surface area contributed by atoms with Gasteiger partial charge in [-0.1, -0.05) is 0 Å². The first-order valence-electron chi connectivity index (χ1n) is 6.83. The Balaban J connectivity index is 1.88. The third-order valence-electron chi connectivity index (χ3n) is 3.77. The molecule has 1 saturated heterocycles. The highest BCUT2D eigenvalue weighted by Crippen LogP contribution is 2.32. The number of amides is 1. The molecule has 108 valence electrons. The molecule has 0 radical (unpaired) electrons. The van der Waals surface area contributed by atoms with Crippen molar-refractivity contribution in [2.45, 2.75) is 18.9 Å². The zero-order valence-corrected chi connectivity index (χ0v) is 11.3. The van der Waals surface area contributed by atoms with Gasteiger partial charge in [0.25, 0.3) is 5.91 Å². The second kappa shape index (κ2) is 5.60. The summed E-state index contributed by atoms with van der Waals surface area (Å²) in [6.07, 6.45) is 5.13. The summed E-state index contributed by atoms with van der Waals surface area (Å²) in [5.74, 6) is -2.22. The molecule has 1 aromatic carbocycles. The average molecular weight is 288 g/mol. The van der Waals surface area contributed by atoms with Crippen LogP contribution in [0.25, 0.3) is 0 Å². The van der Waals surface area contributed by atoms with Crippen molar-refractivity contribution < 1.29 is 13.6 Å². The average Bonchev–Trinajstić information content (AvgIpc) is 2.99. The Morgan fingerprint density at radius 3 is 2.62 bits per heavy atom. The van der Waals surface area contributed by atoms with Crippen LogP contribution < -0.4 is 0 Å². The first-order valence-corrected chi connectivity index (χ1v) is 6.83. The van der Waals surface area contributed by atoms with Gasteiger partial charge < -0.3 is 4.90 Å². The number of halogens is 2. The largest absolute Gasteiger partial charge is 0.332 e. The quantitative estimate of drug-likeness (QED) is 0.849. The minimum Gasteiger partial charge on any atom is -0.332 e. The van der Waals surface area contributed by atoms with Gasteiger partial charge >= 0.3 is 0 Å². The fourth-order valence-electron chi connectivity index (χ4n) is 2.74. The van der Waals surface area contributed by atoms with Crippen LogP contribution in [0.1, 0.15) is 34.8 Å². The standard InChI is InChI=1S/C16H14F2N2O/c17-13-4-3-12(10-14(13)18)16(21)20-9-1-2-15(20)11-5-7-19-8-6-11/h3-8,10,15H,1-2,9H2. The zero-order valence-electron chi connectivity index (χ0n) is 11.3. The summed E-state index contributed by atoms with van der Waals surface area (Å²) in [6.45, 7) is 0.616. The summed E-state index contributed by atoms with van der Waals surface area (Å²) in [4.78, 5) is 18.2. The van der Waals surface area contributed by atoms with Crippen LogP contribution in [-0.2, 0) is 0 Å². The number of rotatable bonds is 2. The molecule has 3 nitrogen and oxygen atoms in total. The summed E-state index contributed by atoms with van der Waals surface area (Å²) in [7, 11) is 0. The Labute approximate surface area is 121 Å². The van der Waals surface area contributed by atoms with Crippen LogP contribution in [0.5, 0.6) is 0 Å². The number of nitrogens with zero attached hydrogens (tertiary/aromatic N) is 2. The Morgan fingerprint density at radius 1 is 1.14 bits per heavy atom. The number of hydrogen-bond donors (Lipinski definition) is 0. The van der Waals surface area contributed by atoms with Gasteiger partial charge in [0, 0.05) is 24.5 Å². The number of aromatic nitrogens is 1. The molecule has 1 aliphatic heterocycles.